The van der Waals surface area contributed by atoms with Crippen molar-refractivity contribution >= 4 is 38.5 Å². The van der Waals surface area contributed by atoms with E-state index >= 15 is 0 Å². The van der Waals surface area contributed by atoms with Gasteiger partial charge in [-0.25, -0.2) is 9.97 Å². The average Bonchev–Trinajstić information content (AvgIpc) is 2.77. The van der Waals surface area contributed by atoms with E-state index in [2.05, 4.69) is 32.0 Å². The van der Waals surface area contributed by atoms with Gasteiger partial charge in [0.2, 0.25) is 0 Å². The van der Waals surface area contributed by atoms with E-state index in [1.807, 2.05) is 44.0 Å². The van der Waals surface area contributed by atoms with Crippen LogP contribution in [0.25, 0.3) is 11.1 Å². The van der Waals surface area contributed by atoms with E-state index in [1.165, 1.54) is 0 Å². The zero-order chi connectivity index (χ0) is 14.3. The van der Waals surface area contributed by atoms with E-state index in [4.69, 9.17) is 4.42 Å². The van der Waals surface area contributed by atoms with Crippen LogP contribution in [0.4, 0.5) is 11.5 Å². The minimum atomic E-state index is 0.678. The fraction of sp³-hybridized carbons (Fsp3) is 0.200. The van der Waals surface area contributed by atoms with Gasteiger partial charge in [0.05, 0.1) is 0 Å². The number of halogens is 1. The predicted molar refractivity (Wildman–Crippen MR) is 83.5 cm³/mol. The first-order chi connectivity index (χ1) is 9.54. The van der Waals surface area contributed by atoms with Crippen molar-refractivity contribution in [2.24, 2.45) is 0 Å². The summed E-state index contributed by atoms with van der Waals surface area (Å²) in [6.07, 6.45) is 1.80. The minimum absolute atomic E-state index is 0.678. The summed E-state index contributed by atoms with van der Waals surface area (Å²) in [6.45, 7) is 3.90. The van der Waals surface area contributed by atoms with Gasteiger partial charge in [0.15, 0.2) is 11.5 Å². The molecule has 0 amide bonds. The molecule has 20 heavy (non-hydrogen) atoms. The maximum absolute atomic E-state index is 5.50. The maximum atomic E-state index is 5.50. The number of rotatable bonds is 2. The molecule has 2 aromatic heterocycles. The van der Waals surface area contributed by atoms with E-state index < -0.39 is 0 Å². The quantitative estimate of drug-likeness (QED) is 0.699. The molecule has 0 saturated carbocycles. The van der Waals surface area contributed by atoms with E-state index in [0.29, 0.717) is 5.89 Å². The number of hydrogen-bond acceptors (Lipinski definition) is 4. The zero-order valence-electron chi connectivity index (χ0n) is 11.5. The molecular weight excluding hydrogens is 318 g/mol. The molecule has 0 aliphatic carbocycles. The number of aryl methyl sites for hydroxylation is 2. The van der Waals surface area contributed by atoms with Crippen LogP contribution in [0, 0.1) is 13.8 Å². The van der Waals surface area contributed by atoms with Crippen LogP contribution in [0.3, 0.4) is 0 Å². The van der Waals surface area contributed by atoms with Crippen molar-refractivity contribution in [3.63, 3.8) is 0 Å². The molecule has 2 heterocycles. The van der Waals surface area contributed by atoms with Crippen molar-refractivity contribution in [1.82, 2.24) is 9.97 Å². The van der Waals surface area contributed by atoms with E-state index in [-0.39, 0.29) is 0 Å². The van der Waals surface area contributed by atoms with Crippen LogP contribution in [-0.4, -0.2) is 17.0 Å². The number of pyridine rings is 1. The molecule has 4 nitrogen and oxygen atoms in total. The summed E-state index contributed by atoms with van der Waals surface area (Å²) in [5.41, 5.74) is 3.81. The molecule has 0 aliphatic rings. The molecule has 0 spiro atoms. The van der Waals surface area contributed by atoms with Crippen molar-refractivity contribution in [1.29, 1.82) is 0 Å². The molecule has 0 atom stereocenters. The van der Waals surface area contributed by atoms with Crippen LogP contribution in [0.2, 0.25) is 0 Å². The van der Waals surface area contributed by atoms with E-state index in [9.17, 15) is 0 Å². The topological polar surface area (TPSA) is 42.2 Å². The van der Waals surface area contributed by atoms with Gasteiger partial charge in [-0.2, -0.15) is 0 Å². The number of nitrogens with zero attached hydrogens (tertiary/aromatic N) is 3. The summed E-state index contributed by atoms with van der Waals surface area (Å²) >= 11 is 3.43. The molecule has 0 unspecified atom stereocenters. The number of aromatic nitrogens is 2. The zero-order valence-corrected chi connectivity index (χ0v) is 13.1. The Kier molecular flexibility index (Phi) is 3.22. The van der Waals surface area contributed by atoms with Gasteiger partial charge in [0.25, 0.3) is 0 Å². The number of hydrogen-bond donors (Lipinski definition) is 0. The normalized spacial score (nSPS) is 11.0. The van der Waals surface area contributed by atoms with Crippen LogP contribution in [-0.2, 0) is 0 Å². The average molecular weight is 332 g/mol. The lowest BCUT2D eigenvalue weighted by Crippen LogP contribution is -2.12. The SMILES string of the molecule is Cc1nc2cc(N(C)c3ncc(Br)cc3C)ccc2o1. The number of anilines is 2. The molecule has 0 radical (unpaired) electrons. The van der Waals surface area contributed by atoms with Crippen molar-refractivity contribution in [3.8, 4) is 0 Å². The second-order valence-corrected chi connectivity index (χ2v) is 5.65. The Morgan fingerprint density at radius 2 is 2.00 bits per heavy atom. The standard InChI is InChI=1S/C15H14BrN3O/c1-9-6-11(16)8-17-15(9)19(3)12-4-5-14-13(7-12)18-10(2)20-14/h4-8H,1-3H3. The van der Waals surface area contributed by atoms with Gasteiger partial charge in [-0.15, -0.1) is 0 Å². The van der Waals surface area contributed by atoms with Crippen molar-refractivity contribution in [3.05, 3.63) is 46.4 Å². The Morgan fingerprint density at radius 1 is 1.20 bits per heavy atom. The summed E-state index contributed by atoms with van der Waals surface area (Å²) < 4.78 is 6.48. The molecule has 0 bridgehead atoms. The summed E-state index contributed by atoms with van der Waals surface area (Å²) in [4.78, 5) is 10.9. The number of oxazole rings is 1. The lowest BCUT2D eigenvalue weighted by Gasteiger charge is -2.20. The van der Waals surface area contributed by atoms with Crippen LogP contribution in [0.15, 0.2) is 39.4 Å². The Balaban J connectivity index is 2.04. The highest BCUT2D eigenvalue weighted by atomic mass is 79.9. The highest BCUT2D eigenvalue weighted by molar-refractivity contribution is 9.10. The second-order valence-electron chi connectivity index (χ2n) is 4.74. The first kappa shape index (κ1) is 13.1. The molecule has 0 N–H and O–H groups in total. The molecule has 1 aromatic carbocycles. The third-order valence-corrected chi connectivity index (χ3v) is 3.63. The number of benzene rings is 1. The molecular formula is C15H14BrN3O. The van der Waals surface area contributed by atoms with E-state index in [0.717, 1.165) is 32.6 Å². The molecule has 5 heteroatoms. The van der Waals surface area contributed by atoms with Crippen molar-refractivity contribution < 1.29 is 4.42 Å². The minimum Gasteiger partial charge on any atom is -0.441 e. The second kappa shape index (κ2) is 4.90. The third kappa shape index (κ3) is 2.29. The molecule has 3 rings (SSSR count). The lowest BCUT2D eigenvalue weighted by molar-refractivity contribution is 0.561. The smallest absolute Gasteiger partial charge is 0.192 e. The Hall–Kier alpha value is -1.88. The monoisotopic (exact) mass is 331 g/mol. The maximum Gasteiger partial charge on any atom is 0.192 e. The van der Waals surface area contributed by atoms with Crippen molar-refractivity contribution in [2.45, 2.75) is 13.8 Å². The van der Waals surface area contributed by atoms with Crippen LogP contribution < -0.4 is 4.90 Å². The first-order valence-electron chi connectivity index (χ1n) is 6.27. The van der Waals surface area contributed by atoms with Gasteiger partial charge in [-0.05, 0) is 52.7 Å². The predicted octanol–water partition coefficient (Wildman–Crippen LogP) is 4.37. The summed E-state index contributed by atoms with van der Waals surface area (Å²) in [5, 5.41) is 0. The summed E-state index contributed by atoms with van der Waals surface area (Å²) in [6, 6.07) is 8.01. The molecule has 0 fully saturated rings. The Bertz CT molecular complexity index is 782. The highest BCUT2D eigenvalue weighted by Crippen LogP contribution is 2.28. The molecule has 0 aliphatic heterocycles. The van der Waals surface area contributed by atoms with Crippen molar-refractivity contribution in [2.75, 3.05) is 11.9 Å². The fourth-order valence-electron chi connectivity index (χ4n) is 2.25. The van der Waals surface area contributed by atoms with E-state index in [1.54, 1.807) is 6.20 Å². The molecule has 0 saturated heterocycles. The lowest BCUT2D eigenvalue weighted by atomic mass is 10.2. The van der Waals surface area contributed by atoms with Gasteiger partial charge in [-0.1, -0.05) is 0 Å². The Labute approximate surface area is 125 Å². The van der Waals surface area contributed by atoms with Crippen LogP contribution >= 0.6 is 15.9 Å². The largest absolute Gasteiger partial charge is 0.441 e. The van der Waals surface area contributed by atoms with Gasteiger partial charge in [-0.3, -0.25) is 0 Å². The van der Waals surface area contributed by atoms with Crippen LogP contribution in [0.5, 0.6) is 0 Å². The van der Waals surface area contributed by atoms with Crippen LogP contribution in [0.1, 0.15) is 11.5 Å². The fourth-order valence-corrected chi connectivity index (χ4v) is 2.69. The highest BCUT2D eigenvalue weighted by Gasteiger charge is 2.11. The van der Waals surface area contributed by atoms with Gasteiger partial charge in [0.1, 0.15) is 11.3 Å². The molecule has 3 aromatic rings. The van der Waals surface area contributed by atoms with Gasteiger partial charge in [0, 0.05) is 30.3 Å². The summed E-state index contributed by atoms with van der Waals surface area (Å²) in [5.74, 6) is 1.60. The third-order valence-electron chi connectivity index (χ3n) is 3.20. The van der Waals surface area contributed by atoms with Gasteiger partial charge >= 0.3 is 0 Å². The summed E-state index contributed by atoms with van der Waals surface area (Å²) in [7, 11) is 2.00. The van der Waals surface area contributed by atoms with Gasteiger partial charge < -0.3 is 9.32 Å². The first-order valence-corrected chi connectivity index (χ1v) is 7.07. The number of fused-ring (bicyclic) bond motifs is 1. The molecule has 102 valence electrons. The Morgan fingerprint density at radius 3 is 2.75 bits per heavy atom.